The summed E-state index contributed by atoms with van der Waals surface area (Å²) in [6.07, 6.45) is 10.1. The molecular weight excluding hydrogens is 306 g/mol. The second-order valence-electron chi connectivity index (χ2n) is 7.02. The summed E-state index contributed by atoms with van der Waals surface area (Å²) in [5.41, 5.74) is 0.354. The van der Waals surface area contributed by atoms with E-state index in [-0.39, 0.29) is 18.0 Å². The topological polar surface area (TPSA) is 73.0 Å². The minimum absolute atomic E-state index is 0.0405. The summed E-state index contributed by atoms with van der Waals surface area (Å²) in [5, 5.41) is 4.53. The van der Waals surface area contributed by atoms with E-state index in [0.717, 1.165) is 19.4 Å². The van der Waals surface area contributed by atoms with Crippen LogP contribution in [0, 0.1) is 5.92 Å². The normalized spacial score (nSPS) is 24.1. The Morgan fingerprint density at radius 2 is 2.04 bits per heavy atom. The Labute approximate surface area is 140 Å². The maximum atomic E-state index is 12.8. The van der Waals surface area contributed by atoms with Gasteiger partial charge in [0.25, 0.3) is 5.56 Å². The first-order valence-corrected chi connectivity index (χ1v) is 8.82. The van der Waals surface area contributed by atoms with E-state index in [1.54, 1.807) is 11.7 Å². The Balaban J connectivity index is 1.57. The highest BCUT2D eigenvalue weighted by atomic mass is 16.2. The number of aromatic nitrogens is 4. The molecule has 24 heavy (non-hydrogen) atoms. The number of hydrogen-bond donors (Lipinski definition) is 0. The van der Waals surface area contributed by atoms with Gasteiger partial charge >= 0.3 is 0 Å². The minimum atomic E-state index is -0.196. The van der Waals surface area contributed by atoms with Crippen LogP contribution < -0.4 is 5.56 Å². The summed E-state index contributed by atoms with van der Waals surface area (Å²) < 4.78 is 2.99. The van der Waals surface area contributed by atoms with Gasteiger partial charge in [-0.1, -0.05) is 12.8 Å². The first kappa shape index (κ1) is 15.4. The van der Waals surface area contributed by atoms with Gasteiger partial charge in [-0.05, 0) is 31.6 Å². The molecule has 128 valence electrons. The van der Waals surface area contributed by atoms with Gasteiger partial charge in [0.15, 0.2) is 5.65 Å². The van der Waals surface area contributed by atoms with E-state index < -0.39 is 0 Å². The van der Waals surface area contributed by atoms with Gasteiger partial charge in [-0.15, -0.1) is 0 Å². The molecule has 7 heteroatoms. The molecule has 1 aliphatic carbocycles. The smallest absolute Gasteiger partial charge is 0.264 e. The van der Waals surface area contributed by atoms with E-state index in [4.69, 9.17) is 0 Å². The molecule has 2 unspecified atom stereocenters. The molecule has 0 aromatic carbocycles. The predicted octanol–water partition coefficient (Wildman–Crippen LogP) is 1.31. The van der Waals surface area contributed by atoms with Gasteiger partial charge in [0.1, 0.15) is 18.3 Å². The summed E-state index contributed by atoms with van der Waals surface area (Å²) >= 11 is 0. The zero-order valence-corrected chi connectivity index (χ0v) is 14.0. The summed E-state index contributed by atoms with van der Waals surface area (Å²) in [5.74, 6) is 0.686. The van der Waals surface area contributed by atoms with E-state index in [1.807, 2.05) is 4.90 Å². The molecule has 1 aliphatic heterocycles. The molecule has 0 radical (unpaired) electrons. The Morgan fingerprint density at radius 3 is 2.92 bits per heavy atom. The van der Waals surface area contributed by atoms with Crippen LogP contribution >= 0.6 is 0 Å². The third kappa shape index (κ3) is 2.52. The van der Waals surface area contributed by atoms with E-state index in [0.29, 0.717) is 23.0 Å². The minimum Gasteiger partial charge on any atom is -0.338 e. The van der Waals surface area contributed by atoms with E-state index in [2.05, 4.69) is 10.1 Å². The Hall–Kier alpha value is -2.18. The third-order valence-corrected chi connectivity index (χ3v) is 5.59. The second-order valence-corrected chi connectivity index (χ2v) is 7.02. The van der Waals surface area contributed by atoms with Gasteiger partial charge in [0.05, 0.1) is 6.20 Å². The van der Waals surface area contributed by atoms with Crippen LogP contribution in [0.15, 0.2) is 17.3 Å². The fourth-order valence-electron chi connectivity index (χ4n) is 4.35. The maximum absolute atomic E-state index is 12.8. The molecule has 3 heterocycles. The van der Waals surface area contributed by atoms with Crippen molar-refractivity contribution in [3.05, 3.63) is 22.9 Å². The largest absolute Gasteiger partial charge is 0.338 e. The van der Waals surface area contributed by atoms with Crippen molar-refractivity contribution in [3.8, 4) is 0 Å². The number of rotatable bonds is 2. The fraction of sp³-hybridized carbons (Fsp3) is 0.647. The molecule has 0 spiro atoms. The molecule has 1 saturated carbocycles. The van der Waals surface area contributed by atoms with Crippen LogP contribution in [0.4, 0.5) is 0 Å². The van der Waals surface area contributed by atoms with E-state index in [1.165, 1.54) is 42.8 Å². The van der Waals surface area contributed by atoms with Crippen LogP contribution in [0.3, 0.4) is 0 Å². The van der Waals surface area contributed by atoms with Crippen molar-refractivity contribution in [2.45, 2.75) is 51.1 Å². The molecule has 2 aromatic heterocycles. The van der Waals surface area contributed by atoms with Crippen molar-refractivity contribution in [1.82, 2.24) is 24.2 Å². The molecule has 2 aromatic rings. The molecular formula is C17H23N5O2. The van der Waals surface area contributed by atoms with Gasteiger partial charge in [0, 0.05) is 19.6 Å². The van der Waals surface area contributed by atoms with Gasteiger partial charge in [-0.25, -0.2) is 4.98 Å². The average Bonchev–Trinajstić information content (AvgIpc) is 2.98. The molecule has 7 nitrogen and oxygen atoms in total. The lowest BCUT2D eigenvalue weighted by atomic mass is 9.78. The highest BCUT2D eigenvalue weighted by Crippen LogP contribution is 2.35. The van der Waals surface area contributed by atoms with Crippen LogP contribution in [0.25, 0.3) is 11.0 Å². The molecule has 1 amide bonds. The Morgan fingerprint density at radius 1 is 1.25 bits per heavy atom. The average molecular weight is 329 g/mol. The lowest BCUT2D eigenvalue weighted by Crippen LogP contribution is -2.51. The molecule has 2 fully saturated rings. The lowest BCUT2D eigenvalue weighted by Gasteiger charge is -2.44. The first-order chi connectivity index (χ1) is 11.6. The van der Waals surface area contributed by atoms with Gasteiger partial charge in [-0.3, -0.25) is 18.8 Å². The van der Waals surface area contributed by atoms with Crippen molar-refractivity contribution in [2.75, 3.05) is 6.54 Å². The molecule has 0 N–H and O–H groups in total. The van der Waals surface area contributed by atoms with Crippen molar-refractivity contribution >= 4 is 16.9 Å². The summed E-state index contributed by atoms with van der Waals surface area (Å²) in [6.45, 7) is 0.886. The van der Waals surface area contributed by atoms with Crippen molar-refractivity contribution in [3.63, 3.8) is 0 Å². The fourth-order valence-corrected chi connectivity index (χ4v) is 4.35. The van der Waals surface area contributed by atoms with E-state index >= 15 is 0 Å². The maximum Gasteiger partial charge on any atom is 0.264 e. The number of likely N-dealkylation sites (tertiary alicyclic amines) is 1. The summed E-state index contributed by atoms with van der Waals surface area (Å²) in [6, 6.07) is 0.366. The van der Waals surface area contributed by atoms with Crippen molar-refractivity contribution in [1.29, 1.82) is 0 Å². The molecule has 0 bridgehead atoms. The predicted molar refractivity (Wildman–Crippen MR) is 89.5 cm³/mol. The summed E-state index contributed by atoms with van der Waals surface area (Å²) in [4.78, 5) is 31.7. The van der Waals surface area contributed by atoms with E-state index in [9.17, 15) is 9.59 Å². The van der Waals surface area contributed by atoms with Gasteiger partial charge in [-0.2, -0.15) is 5.10 Å². The standard InChI is InChI=1S/C17H23N5O2/c1-20-16-13(9-19-20)17(24)21(11-18-16)10-15(23)22-8-4-6-12-5-2-3-7-14(12)22/h9,11-12,14H,2-8,10H2,1H3. The lowest BCUT2D eigenvalue weighted by molar-refractivity contribution is -0.138. The zero-order chi connectivity index (χ0) is 16.7. The Bertz CT molecular complexity index is 822. The highest BCUT2D eigenvalue weighted by Gasteiger charge is 2.35. The van der Waals surface area contributed by atoms with Crippen molar-refractivity contribution in [2.24, 2.45) is 13.0 Å². The molecule has 2 atom stereocenters. The number of carbonyl (C=O) groups excluding carboxylic acids is 1. The second kappa shape index (κ2) is 6.03. The van der Waals surface area contributed by atoms with Crippen LogP contribution in [0.5, 0.6) is 0 Å². The summed E-state index contributed by atoms with van der Waals surface area (Å²) in [7, 11) is 1.75. The quantitative estimate of drug-likeness (QED) is 0.833. The number of amides is 1. The number of fused-ring (bicyclic) bond motifs is 2. The van der Waals surface area contributed by atoms with Crippen molar-refractivity contribution < 1.29 is 4.79 Å². The molecule has 2 aliphatic rings. The van der Waals surface area contributed by atoms with Crippen LogP contribution in [-0.4, -0.2) is 42.7 Å². The number of piperidine rings is 1. The zero-order valence-electron chi connectivity index (χ0n) is 14.0. The SMILES string of the molecule is Cn1ncc2c(=O)n(CC(=O)N3CCCC4CCCCC43)cnc21. The molecule has 1 saturated heterocycles. The van der Waals surface area contributed by atoms with Crippen LogP contribution in [0.1, 0.15) is 38.5 Å². The third-order valence-electron chi connectivity index (χ3n) is 5.59. The first-order valence-electron chi connectivity index (χ1n) is 8.82. The number of nitrogens with zero attached hydrogens (tertiary/aromatic N) is 5. The number of hydrogen-bond acceptors (Lipinski definition) is 4. The highest BCUT2D eigenvalue weighted by molar-refractivity contribution is 5.77. The number of aryl methyl sites for hydroxylation is 1. The molecule has 4 rings (SSSR count). The number of carbonyl (C=O) groups is 1. The van der Waals surface area contributed by atoms with Crippen LogP contribution in [-0.2, 0) is 18.4 Å². The van der Waals surface area contributed by atoms with Gasteiger partial charge < -0.3 is 4.90 Å². The van der Waals surface area contributed by atoms with Gasteiger partial charge in [0.2, 0.25) is 5.91 Å². The Kier molecular flexibility index (Phi) is 3.86. The monoisotopic (exact) mass is 329 g/mol. The van der Waals surface area contributed by atoms with Crippen LogP contribution in [0.2, 0.25) is 0 Å².